The molecule has 0 fully saturated rings. The third kappa shape index (κ3) is 1.19. The molecular weight excluding hydrogens is 126 g/mol. The third-order valence-electron chi connectivity index (χ3n) is 1.77. The number of aromatic nitrogens is 2. The fourth-order valence-electron chi connectivity index (χ4n) is 0.745. The molecule has 56 valence electrons. The zero-order valence-corrected chi connectivity index (χ0v) is 6.39. The van der Waals surface area contributed by atoms with E-state index in [-0.39, 0.29) is 5.54 Å². The lowest BCUT2D eigenvalue weighted by molar-refractivity contribution is 0.450. The molecule has 1 heterocycles. The third-order valence-corrected chi connectivity index (χ3v) is 1.77. The summed E-state index contributed by atoms with van der Waals surface area (Å²) in [5.74, 6) is 0.856. The van der Waals surface area contributed by atoms with E-state index in [1.807, 2.05) is 13.8 Å². The van der Waals surface area contributed by atoms with E-state index in [1.165, 1.54) is 0 Å². The predicted octanol–water partition coefficient (Wildman–Crippen LogP) is 0.994. The Kier molecular flexibility index (Phi) is 1.76. The van der Waals surface area contributed by atoms with E-state index in [2.05, 4.69) is 9.97 Å². The number of aromatic amines is 1. The van der Waals surface area contributed by atoms with Crippen molar-refractivity contribution in [2.45, 2.75) is 25.8 Å². The quantitative estimate of drug-likeness (QED) is 0.642. The molecule has 0 aliphatic rings. The van der Waals surface area contributed by atoms with Gasteiger partial charge in [0.2, 0.25) is 0 Å². The lowest BCUT2D eigenvalue weighted by Gasteiger charge is -2.18. The van der Waals surface area contributed by atoms with E-state index in [4.69, 9.17) is 5.73 Å². The van der Waals surface area contributed by atoms with Gasteiger partial charge in [0.1, 0.15) is 5.82 Å². The maximum absolute atomic E-state index is 5.89. The molecule has 1 unspecified atom stereocenters. The van der Waals surface area contributed by atoms with E-state index in [0.29, 0.717) is 0 Å². The second kappa shape index (κ2) is 2.42. The van der Waals surface area contributed by atoms with Gasteiger partial charge in [0.15, 0.2) is 0 Å². The summed E-state index contributed by atoms with van der Waals surface area (Å²) in [6.07, 6.45) is 4.40. The Morgan fingerprint density at radius 2 is 2.50 bits per heavy atom. The van der Waals surface area contributed by atoms with E-state index < -0.39 is 0 Å². The molecule has 1 rings (SSSR count). The molecule has 0 aliphatic heterocycles. The fraction of sp³-hybridized carbons (Fsp3) is 0.571. The maximum Gasteiger partial charge on any atom is 0.125 e. The van der Waals surface area contributed by atoms with Gasteiger partial charge in [0.05, 0.1) is 5.54 Å². The van der Waals surface area contributed by atoms with Gasteiger partial charge in [-0.15, -0.1) is 0 Å². The van der Waals surface area contributed by atoms with Gasteiger partial charge in [-0.25, -0.2) is 4.98 Å². The minimum absolute atomic E-state index is 0.302. The Bertz CT molecular complexity index is 189. The van der Waals surface area contributed by atoms with Gasteiger partial charge < -0.3 is 10.7 Å². The van der Waals surface area contributed by atoms with Crippen molar-refractivity contribution in [3.8, 4) is 0 Å². The van der Waals surface area contributed by atoms with Crippen LogP contribution in [0.4, 0.5) is 0 Å². The van der Waals surface area contributed by atoms with Crippen molar-refractivity contribution in [3.63, 3.8) is 0 Å². The van der Waals surface area contributed by atoms with Crippen molar-refractivity contribution in [1.29, 1.82) is 0 Å². The van der Waals surface area contributed by atoms with Crippen LogP contribution in [-0.2, 0) is 5.54 Å². The Morgan fingerprint density at radius 3 is 2.90 bits per heavy atom. The van der Waals surface area contributed by atoms with Crippen molar-refractivity contribution in [3.05, 3.63) is 18.2 Å². The van der Waals surface area contributed by atoms with E-state index in [0.717, 1.165) is 12.2 Å². The monoisotopic (exact) mass is 139 g/mol. The first-order valence-electron chi connectivity index (χ1n) is 3.45. The highest BCUT2D eigenvalue weighted by Crippen LogP contribution is 2.15. The summed E-state index contributed by atoms with van der Waals surface area (Å²) in [6.45, 7) is 4.01. The van der Waals surface area contributed by atoms with Crippen molar-refractivity contribution in [2.24, 2.45) is 5.73 Å². The smallest absolute Gasteiger partial charge is 0.125 e. The highest BCUT2D eigenvalue weighted by Gasteiger charge is 2.20. The first-order valence-corrected chi connectivity index (χ1v) is 3.45. The van der Waals surface area contributed by atoms with Crippen LogP contribution >= 0.6 is 0 Å². The average Bonchev–Trinajstić information content (AvgIpc) is 2.38. The molecule has 0 saturated heterocycles. The van der Waals surface area contributed by atoms with Crippen LogP contribution in [0.2, 0.25) is 0 Å². The number of hydrogen-bond acceptors (Lipinski definition) is 2. The summed E-state index contributed by atoms with van der Waals surface area (Å²) in [6, 6.07) is 0. The summed E-state index contributed by atoms with van der Waals surface area (Å²) in [5, 5.41) is 0. The minimum Gasteiger partial charge on any atom is -0.347 e. The fourth-order valence-corrected chi connectivity index (χ4v) is 0.745. The number of H-pyrrole nitrogens is 1. The van der Waals surface area contributed by atoms with Crippen LogP contribution in [0.5, 0.6) is 0 Å². The van der Waals surface area contributed by atoms with Crippen molar-refractivity contribution < 1.29 is 0 Å². The molecule has 0 radical (unpaired) electrons. The van der Waals surface area contributed by atoms with Crippen molar-refractivity contribution in [2.75, 3.05) is 0 Å². The maximum atomic E-state index is 5.89. The van der Waals surface area contributed by atoms with Crippen molar-refractivity contribution in [1.82, 2.24) is 9.97 Å². The molecule has 1 aromatic rings. The standard InChI is InChI=1S/C7H13N3/c1-3-7(2,8)6-9-4-5-10-6/h4-5H,3,8H2,1-2H3,(H,9,10). The predicted molar refractivity (Wildman–Crippen MR) is 40.4 cm³/mol. The van der Waals surface area contributed by atoms with E-state index >= 15 is 0 Å². The lowest BCUT2D eigenvalue weighted by atomic mass is 10.0. The normalized spacial score (nSPS) is 16.7. The summed E-state index contributed by atoms with van der Waals surface area (Å²) in [4.78, 5) is 7.07. The van der Waals surface area contributed by atoms with Crippen LogP contribution < -0.4 is 5.73 Å². The van der Waals surface area contributed by atoms with Crippen LogP contribution in [0, 0.1) is 0 Å². The van der Waals surface area contributed by atoms with Gasteiger partial charge in [-0.2, -0.15) is 0 Å². The van der Waals surface area contributed by atoms with Gasteiger partial charge in [-0.3, -0.25) is 0 Å². The van der Waals surface area contributed by atoms with Gasteiger partial charge in [-0.05, 0) is 13.3 Å². The average molecular weight is 139 g/mol. The highest BCUT2D eigenvalue weighted by molar-refractivity contribution is 5.01. The minimum atomic E-state index is -0.302. The topological polar surface area (TPSA) is 54.7 Å². The molecule has 3 heteroatoms. The number of nitrogens with zero attached hydrogens (tertiary/aromatic N) is 1. The molecule has 0 bridgehead atoms. The molecule has 0 aliphatic carbocycles. The van der Waals surface area contributed by atoms with Gasteiger partial charge in [-0.1, -0.05) is 6.92 Å². The second-order valence-electron chi connectivity index (χ2n) is 2.71. The molecule has 0 saturated carbocycles. The van der Waals surface area contributed by atoms with Crippen LogP contribution in [0.15, 0.2) is 12.4 Å². The van der Waals surface area contributed by atoms with Crippen LogP contribution in [0.25, 0.3) is 0 Å². The Hall–Kier alpha value is -0.830. The molecule has 10 heavy (non-hydrogen) atoms. The zero-order chi connectivity index (χ0) is 7.61. The first-order chi connectivity index (χ1) is 4.67. The van der Waals surface area contributed by atoms with Crippen LogP contribution in [-0.4, -0.2) is 9.97 Å². The Labute approximate surface area is 60.7 Å². The second-order valence-corrected chi connectivity index (χ2v) is 2.71. The number of imidazole rings is 1. The molecule has 0 amide bonds. The Balaban J connectivity index is 2.85. The molecule has 1 atom stereocenters. The van der Waals surface area contributed by atoms with Crippen molar-refractivity contribution >= 4 is 0 Å². The molecule has 3 nitrogen and oxygen atoms in total. The number of nitrogens with one attached hydrogen (secondary N) is 1. The SMILES string of the molecule is CCC(C)(N)c1ncc[nH]1. The molecule has 0 spiro atoms. The number of rotatable bonds is 2. The van der Waals surface area contributed by atoms with Gasteiger partial charge >= 0.3 is 0 Å². The summed E-state index contributed by atoms with van der Waals surface area (Å²) in [7, 11) is 0. The van der Waals surface area contributed by atoms with Crippen LogP contribution in [0.3, 0.4) is 0 Å². The Morgan fingerprint density at radius 1 is 1.80 bits per heavy atom. The molecular formula is C7H13N3. The summed E-state index contributed by atoms with van der Waals surface area (Å²) < 4.78 is 0. The summed E-state index contributed by atoms with van der Waals surface area (Å²) >= 11 is 0. The van der Waals surface area contributed by atoms with Crippen LogP contribution in [0.1, 0.15) is 26.1 Å². The lowest BCUT2D eigenvalue weighted by Crippen LogP contribution is -2.33. The number of nitrogens with two attached hydrogens (primary N) is 1. The van der Waals surface area contributed by atoms with E-state index in [1.54, 1.807) is 12.4 Å². The van der Waals surface area contributed by atoms with Gasteiger partial charge in [0.25, 0.3) is 0 Å². The highest BCUT2D eigenvalue weighted by atomic mass is 15.0. The first kappa shape index (κ1) is 7.28. The van der Waals surface area contributed by atoms with E-state index in [9.17, 15) is 0 Å². The largest absolute Gasteiger partial charge is 0.347 e. The number of hydrogen-bond donors (Lipinski definition) is 2. The summed E-state index contributed by atoms with van der Waals surface area (Å²) in [5.41, 5.74) is 5.59. The zero-order valence-electron chi connectivity index (χ0n) is 6.39. The molecule has 3 N–H and O–H groups in total. The molecule has 0 aromatic carbocycles. The van der Waals surface area contributed by atoms with Gasteiger partial charge in [0, 0.05) is 12.4 Å². The molecule has 1 aromatic heterocycles.